The lowest BCUT2D eigenvalue weighted by Crippen LogP contribution is -2.28. The van der Waals surface area contributed by atoms with E-state index in [0.717, 1.165) is 11.6 Å². The Morgan fingerprint density at radius 1 is 1.14 bits per heavy atom. The van der Waals surface area contributed by atoms with Crippen molar-refractivity contribution < 1.29 is 13.3 Å². The van der Waals surface area contributed by atoms with Crippen molar-refractivity contribution in [2.45, 2.75) is 24.3 Å². The van der Waals surface area contributed by atoms with E-state index >= 15 is 0 Å². The molecule has 0 aromatic heterocycles. The van der Waals surface area contributed by atoms with Gasteiger partial charge in [0.05, 0.1) is 9.82 Å². The van der Waals surface area contributed by atoms with Gasteiger partial charge in [0.15, 0.2) is 0 Å². The highest BCUT2D eigenvalue weighted by Crippen LogP contribution is 2.22. The van der Waals surface area contributed by atoms with E-state index in [2.05, 4.69) is 4.72 Å². The summed E-state index contributed by atoms with van der Waals surface area (Å²) in [6, 6.07) is 13.8. The van der Waals surface area contributed by atoms with Gasteiger partial charge in [-0.05, 0) is 18.1 Å². The van der Waals surface area contributed by atoms with Crippen LogP contribution in [0.4, 0.5) is 5.69 Å². The Labute approximate surface area is 129 Å². The SMILES string of the molecule is CC[C@@H](NS(=O)(=O)c1cccc([N+](=O)[O-])c1)c1ccccc1. The van der Waals surface area contributed by atoms with E-state index in [-0.39, 0.29) is 16.6 Å². The van der Waals surface area contributed by atoms with E-state index in [1.807, 2.05) is 37.3 Å². The molecule has 0 spiro atoms. The topological polar surface area (TPSA) is 89.3 Å². The third-order valence-electron chi connectivity index (χ3n) is 3.25. The van der Waals surface area contributed by atoms with Crippen LogP contribution < -0.4 is 4.72 Å². The largest absolute Gasteiger partial charge is 0.270 e. The molecule has 2 aromatic rings. The predicted octanol–water partition coefficient (Wildman–Crippen LogP) is 3.02. The van der Waals surface area contributed by atoms with Gasteiger partial charge in [-0.2, -0.15) is 0 Å². The number of nitro benzene ring substituents is 1. The molecule has 0 unspecified atom stereocenters. The zero-order valence-electron chi connectivity index (χ0n) is 12.0. The first-order valence-corrected chi connectivity index (χ1v) is 8.24. The Balaban J connectivity index is 2.30. The number of rotatable bonds is 6. The molecule has 2 aromatic carbocycles. The first-order valence-electron chi connectivity index (χ1n) is 6.76. The van der Waals surface area contributed by atoms with Crippen molar-refractivity contribution in [3.63, 3.8) is 0 Å². The summed E-state index contributed by atoms with van der Waals surface area (Å²) in [5.74, 6) is 0. The maximum atomic E-state index is 12.4. The minimum atomic E-state index is -3.83. The zero-order valence-corrected chi connectivity index (χ0v) is 12.8. The van der Waals surface area contributed by atoms with Crippen LogP contribution in [-0.2, 0) is 10.0 Å². The fraction of sp³-hybridized carbons (Fsp3) is 0.200. The number of nitrogens with zero attached hydrogens (tertiary/aromatic N) is 1. The first-order chi connectivity index (χ1) is 10.4. The molecule has 0 aliphatic heterocycles. The second-order valence-corrected chi connectivity index (χ2v) is 6.46. The smallest absolute Gasteiger partial charge is 0.258 e. The Morgan fingerprint density at radius 2 is 1.82 bits per heavy atom. The first kappa shape index (κ1) is 16.1. The molecule has 0 bridgehead atoms. The standard InChI is InChI=1S/C15H16N2O4S/c1-2-15(12-7-4-3-5-8-12)16-22(20,21)14-10-6-9-13(11-14)17(18)19/h3-11,15-16H,2H2,1H3/t15-/m1/s1. The van der Waals surface area contributed by atoms with Crippen LogP contribution >= 0.6 is 0 Å². The molecule has 0 aliphatic rings. The number of nitrogens with one attached hydrogen (secondary N) is 1. The number of hydrogen-bond acceptors (Lipinski definition) is 4. The zero-order chi connectivity index (χ0) is 16.2. The van der Waals surface area contributed by atoms with E-state index in [4.69, 9.17) is 0 Å². The van der Waals surface area contributed by atoms with E-state index in [1.165, 1.54) is 18.2 Å². The van der Waals surface area contributed by atoms with Crippen LogP contribution in [0.15, 0.2) is 59.5 Å². The van der Waals surface area contributed by atoms with Crippen molar-refractivity contribution in [2.75, 3.05) is 0 Å². The molecular weight excluding hydrogens is 304 g/mol. The molecule has 0 heterocycles. The van der Waals surface area contributed by atoms with Crippen molar-refractivity contribution in [1.29, 1.82) is 0 Å². The summed E-state index contributed by atoms with van der Waals surface area (Å²) in [5.41, 5.74) is 0.592. The third-order valence-corrected chi connectivity index (χ3v) is 4.72. The normalized spacial score (nSPS) is 12.8. The van der Waals surface area contributed by atoms with Crippen molar-refractivity contribution >= 4 is 15.7 Å². The summed E-state index contributed by atoms with van der Waals surface area (Å²) in [5, 5.41) is 10.8. The summed E-state index contributed by atoms with van der Waals surface area (Å²) >= 11 is 0. The molecule has 0 saturated heterocycles. The molecule has 0 aliphatic carbocycles. The minimum absolute atomic E-state index is 0.115. The van der Waals surface area contributed by atoms with Crippen LogP contribution in [0.5, 0.6) is 0 Å². The van der Waals surface area contributed by atoms with Gasteiger partial charge in [-0.25, -0.2) is 13.1 Å². The average molecular weight is 320 g/mol. The van der Waals surface area contributed by atoms with Gasteiger partial charge in [0.25, 0.3) is 5.69 Å². The maximum Gasteiger partial charge on any atom is 0.270 e. The lowest BCUT2D eigenvalue weighted by atomic mass is 10.1. The number of hydrogen-bond donors (Lipinski definition) is 1. The van der Waals surface area contributed by atoms with E-state index in [0.29, 0.717) is 6.42 Å². The van der Waals surface area contributed by atoms with Crippen molar-refractivity contribution in [3.8, 4) is 0 Å². The molecule has 116 valence electrons. The van der Waals surface area contributed by atoms with E-state index in [1.54, 1.807) is 0 Å². The Morgan fingerprint density at radius 3 is 2.41 bits per heavy atom. The molecule has 1 atom stereocenters. The summed E-state index contributed by atoms with van der Waals surface area (Å²) in [6.45, 7) is 1.87. The Hall–Kier alpha value is -2.25. The third kappa shape index (κ3) is 3.69. The fourth-order valence-corrected chi connectivity index (χ4v) is 3.44. The minimum Gasteiger partial charge on any atom is -0.258 e. The number of benzene rings is 2. The lowest BCUT2D eigenvalue weighted by molar-refractivity contribution is -0.385. The summed E-state index contributed by atoms with van der Waals surface area (Å²) in [6.07, 6.45) is 0.568. The second-order valence-electron chi connectivity index (χ2n) is 4.75. The van der Waals surface area contributed by atoms with Crippen LogP contribution in [0.1, 0.15) is 24.9 Å². The van der Waals surface area contributed by atoms with Gasteiger partial charge >= 0.3 is 0 Å². The lowest BCUT2D eigenvalue weighted by Gasteiger charge is -2.17. The Bertz CT molecular complexity index is 760. The molecule has 0 radical (unpaired) electrons. The molecule has 6 nitrogen and oxygen atoms in total. The van der Waals surface area contributed by atoms with Crippen LogP contribution in [0.3, 0.4) is 0 Å². The van der Waals surface area contributed by atoms with Crippen LogP contribution in [0, 0.1) is 10.1 Å². The van der Waals surface area contributed by atoms with Crippen LogP contribution in [-0.4, -0.2) is 13.3 Å². The maximum absolute atomic E-state index is 12.4. The average Bonchev–Trinajstić information content (AvgIpc) is 2.53. The quantitative estimate of drug-likeness (QED) is 0.654. The van der Waals surface area contributed by atoms with Gasteiger partial charge in [-0.1, -0.05) is 43.3 Å². The molecule has 22 heavy (non-hydrogen) atoms. The highest BCUT2D eigenvalue weighted by atomic mass is 32.2. The molecule has 0 amide bonds. The van der Waals surface area contributed by atoms with E-state index in [9.17, 15) is 18.5 Å². The monoisotopic (exact) mass is 320 g/mol. The van der Waals surface area contributed by atoms with Gasteiger partial charge < -0.3 is 0 Å². The summed E-state index contributed by atoms with van der Waals surface area (Å²) in [7, 11) is -3.83. The molecule has 7 heteroatoms. The molecular formula is C15H16N2O4S. The summed E-state index contributed by atoms with van der Waals surface area (Å²) < 4.78 is 27.4. The Kier molecular flexibility index (Phi) is 4.89. The number of sulfonamides is 1. The second kappa shape index (κ2) is 6.67. The highest BCUT2D eigenvalue weighted by molar-refractivity contribution is 7.89. The fourth-order valence-electron chi connectivity index (χ4n) is 2.09. The van der Waals surface area contributed by atoms with Gasteiger partial charge in [0.1, 0.15) is 0 Å². The number of nitro groups is 1. The van der Waals surface area contributed by atoms with Crippen LogP contribution in [0.2, 0.25) is 0 Å². The predicted molar refractivity (Wildman–Crippen MR) is 82.9 cm³/mol. The molecule has 0 fully saturated rings. The van der Waals surface area contributed by atoms with Crippen molar-refractivity contribution in [2.24, 2.45) is 0 Å². The van der Waals surface area contributed by atoms with Gasteiger partial charge in [0.2, 0.25) is 10.0 Å². The van der Waals surface area contributed by atoms with Gasteiger partial charge in [-0.3, -0.25) is 10.1 Å². The molecule has 2 rings (SSSR count). The van der Waals surface area contributed by atoms with Gasteiger partial charge in [-0.15, -0.1) is 0 Å². The van der Waals surface area contributed by atoms with Gasteiger partial charge in [0, 0.05) is 18.2 Å². The molecule has 0 saturated carbocycles. The highest BCUT2D eigenvalue weighted by Gasteiger charge is 2.22. The molecule has 1 N–H and O–H groups in total. The van der Waals surface area contributed by atoms with Crippen LogP contribution in [0.25, 0.3) is 0 Å². The number of non-ortho nitro benzene ring substituents is 1. The van der Waals surface area contributed by atoms with Crippen molar-refractivity contribution in [1.82, 2.24) is 4.72 Å². The van der Waals surface area contributed by atoms with Crippen molar-refractivity contribution in [3.05, 3.63) is 70.3 Å². The summed E-state index contributed by atoms with van der Waals surface area (Å²) in [4.78, 5) is 10.0. The van der Waals surface area contributed by atoms with E-state index < -0.39 is 14.9 Å².